The van der Waals surface area contributed by atoms with E-state index in [1.807, 2.05) is 30.3 Å². The molecule has 3 aromatic rings. The average molecular weight is 377 g/mol. The van der Waals surface area contributed by atoms with Crippen molar-refractivity contribution in [3.8, 4) is 11.4 Å². The molecule has 8 nitrogen and oxygen atoms in total. The van der Waals surface area contributed by atoms with Gasteiger partial charge in [0.25, 0.3) is 5.91 Å². The highest BCUT2D eigenvalue weighted by Crippen LogP contribution is 2.29. The zero-order valence-corrected chi connectivity index (χ0v) is 15.4. The number of ether oxygens (including phenoxy) is 1. The minimum Gasteiger partial charge on any atom is -0.495 e. The summed E-state index contributed by atoms with van der Waals surface area (Å²) >= 11 is 0. The van der Waals surface area contributed by atoms with Crippen LogP contribution in [0.15, 0.2) is 61.2 Å². The van der Waals surface area contributed by atoms with Gasteiger partial charge >= 0.3 is 0 Å². The number of piperazine rings is 1. The number of rotatable bonds is 4. The Morgan fingerprint density at radius 1 is 1.04 bits per heavy atom. The molecule has 142 valence electrons. The second-order valence-corrected chi connectivity index (χ2v) is 6.36. The fourth-order valence-electron chi connectivity index (χ4n) is 3.27. The summed E-state index contributed by atoms with van der Waals surface area (Å²) in [7, 11) is 1.58. The highest BCUT2D eigenvalue weighted by atomic mass is 16.5. The van der Waals surface area contributed by atoms with Crippen molar-refractivity contribution in [3.63, 3.8) is 0 Å². The third-order valence-electron chi connectivity index (χ3n) is 4.69. The van der Waals surface area contributed by atoms with Gasteiger partial charge in [-0.05, 0) is 30.3 Å². The summed E-state index contributed by atoms with van der Waals surface area (Å²) in [6.45, 7) is 0.878. The molecule has 0 bridgehead atoms. The molecule has 2 aromatic carbocycles. The third kappa shape index (κ3) is 3.32. The molecular weight excluding hydrogens is 358 g/mol. The van der Waals surface area contributed by atoms with Crippen molar-refractivity contribution in [2.24, 2.45) is 0 Å². The molecule has 1 saturated heterocycles. The summed E-state index contributed by atoms with van der Waals surface area (Å²) in [6, 6.07) is 14.6. The van der Waals surface area contributed by atoms with Gasteiger partial charge in [0.2, 0.25) is 5.91 Å². The number of para-hydroxylation sites is 2. The van der Waals surface area contributed by atoms with Gasteiger partial charge < -0.3 is 14.5 Å². The van der Waals surface area contributed by atoms with Crippen molar-refractivity contribution in [3.05, 3.63) is 66.7 Å². The minimum atomic E-state index is -0.178. The van der Waals surface area contributed by atoms with Crippen LogP contribution in [-0.2, 0) is 4.79 Å². The lowest BCUT2D eigenvalue weighted by Crippen LogP contribution is -2.52. The Bertz CT molecular complexity index is 1000. The van der Waals surface area contributed by atoms with E-state index in [0.29, 0.717) is 24.4 Å². The molecule has 0 spiro atoms. The maximum absolute atomic E-state index is 12.9. The number of anilines is 1. The highest BCUT2D eigenvalue weighted by Gasteiger charge is 2.30. The van der Waals surface area contributed by atoms with Gasteiger partial charge in [0.1, 0.15) is 24.9 Å². The van der Waals surface area contributed by atoms with Crippen molar-refractivity contribution < 1.29 is 14.3 Å². The number of amides is 2. The SMILES string of the molecule is COc1ccccc1N1CCN(C(=O)c2cccc(-n3cnnc3)c2)CC1=O. The van der Waals surface area contributed by atoms with E-state index in [1.165, 1.54) is 0 Å². The monoisotopic (exact) mass is 377 g/mol. The molecule has 1 fully saturated rings. The van der Waals surface area contributed by atoms with Crippen LogP contribution in [0, 0.1) is 0 Å². The van der Waals surface area contributed by atoms with Crippen LogP contribution in [0.1, 0.15) is 10.4 Å². The van der Waals surface area contributed by atoms with Gasteiger partial charge in [-0.3, -0.25) is 14.2 Å². The number of hydrogen-bond donors (Lipinski definition) is 0. The van der Waals surface area contributed by atoms with Gasteiger partial charge in [0.15, 0.2) is 0 Å². The van der Waals surface area contributed by atoms with Crippen LogP contribution in [-0.4, -0.2) is 58.2 Å². The van der Waals surface area contributed by atoms with Gasteiger partial charge in [-0.1, -0.05) is 18.2 Å². The summed E-state index contributed by atoms with van der Waals surface area (Å²) in [5.74, 6) is 0.319. The molecule has 0 saturated carbocycles. The van der Waals surface area contributed by atoms with E-state index in [0.717, 1.165) is 11.4 Å². The number of nitrogens with zero attached hydrogens (tertiary/aromatic N) is 5. The van der Waals surface area contributed by atoms with Crippen molar-refractivity contribution in [2.75, 3.05) is 31.6 Å². The molecule has 4 rings (SSSR count). The Labute approximate surface area is 162 Å². The van der Waals surface area contributed by atoms with Crippen LogP contribution in [0.25, 0.3) is 5.69 Å². The second-order valence-electron chi connectivity index (χ2n) is 6.36. The maximum atomic E-state index is 12.9. The van der Waals surface area contributed by atoms with E-state index < -0.39 is 0 Å². The standard InChI is InChI=1S/C20H19N5O3/c1-28-18-8-3-2-7-17(18)25-10-9-23(12-19(25)26)20(27)15-5-4-6-16(11-15)24-13-21-22-14-24/h2-8,11,13-14H,9-10,12H2,1H3. The average Bonchev–Trinajstić information content (AvgIpc) is 3.28. The fourth-order valence-corrected chi connectivity index (χ4v) is 3.27. The van der Waals surface area contributed by atoms with E-state index in [-0.39, 0.29) is 18.4 Å². The first-order valence-corrected chi connectivity index (χ1v) is 8.85. The molecular formula is C20H19N5O3. The lowest BCUT2D eigenvalue weighted by Gasteiger charge is -2.35. The Morgan fingerprint density at radius 2 is 1.82 bits per heavy atom. The molecule has 1 aromatic heterocycles. The molecule has 0 N–H and O–H groups in total. The van der Waals surface area contributed by atoms with E-state index in [2.05, 4.69) is 10.2 Å². The zero-order valence-electron chi connectivity index (χ0n) is 15.4. The molecule has 0 aliphatic carbocycles. The molecule has 0 atom stereocenters. The van der Waals surface area contributed by atoms with E-state index >= 15 is 0 Å². The Balaban J connectivity index is 1.51. The van der Waals surface area contributed by atoms with Crippen molar-refractivity contribution in [2.45, 2.75) is 0 Å². The maximum Gasteiger partial charge on any atom is 0.254 e. The molecule has 8 heteroatoms. The number of hydrogen-bond acceptors (Lipinski definition) is 5. The largest absolute Gasteiger partial charge is 0.495 e. The van der Waals surface area contributed by atoms with Crippen LogP contribution >= 0.6 is 0 Å². The van der Waals surface area contributed by atoms with Crippen LogP contribution < -0.4 is 9.64 Å². The predicted octanol–water partition coefficient (Wildman–Crippen LogP) is 1.76. The Hall–Kier alpha value is -3.68. The lowest BCUT2D eigenvalue weighted by atomic mass is 10.1. The number of carbonyl (C=O) groups excluding carboxylic acids is 2. The van der Waals surface area contributed by atoms with Gasteiger partial charge in [-0.25, -0.2) is 0 Å². The molecule has 1 aliphatic rings. The normalized spacial score (nSPS) is 14.2. The Morgan fingerprint density at radius 3 is 2.57 bits per heavy atom. The second kappa shape index (κ2) is 7.51. The summed E-state index contributed by atoms with van der Waals surface area (Å²) in [5.41, 5.74) is 2.02. The number of aromatic nitrogens is 3. The summed E-state index contributed by atoms with van der Waals surface area (Å²) in [4.78, 5) is 28.9. The van der Waals surface area contributed by atoms with Gasteiger partial charge in [-0.15, -0.1) is 10.2 Å². The topological polar surface area (TPSA) is 80.6 Å². The first kappa shape index (κ1) is 17.7. The van der Waals surface area contributed by atoms with Crippen LogP contribution in [0.4, 0.5) is 5.69 Å². The van der Waals surface area contributed by atoms with Gasteiger partial charge in [0, 0.05) is 24.3 Å². The molecule has 2 heterocycles. The van der Waals surface area contributed by atoms with Crippen molar-refractivity contribution in [1.29, 1.82) is 0 Å². The fraction of sp³-hybridized carbons (Fsp3) is 0.200. The first-order chi connectivity index (χ1) is 13.7. The van der Waals surface area contributed by atoms with E-state index in [1.54, 1.807) is 52.3 Å². The highest BCUT2D eigenvalue weighted by molar-refractivity contribution is 6.02. The molecule has 0 radical (unpaired) electrons. The minimum absolute atomic E-state index is 0.0216. The Kier molecular flexibility index (Phi) is 4.76. The van der Waals surface area contributed by atoms with Crippen molar-refractivity contribution in [1.82, 2.24) is 19.7 Å². The molecule has 0 unspecified atom stereocenters. The van der Waals surface area contributed by atoms with E-state index in [4.69, 9.17) is 4.74 Å². The van der Waals surface area contributed by atoms with Gasteiger partial charge in [0.05, 0.1) is 12.8 Å². The summed E-state index contributed by atoms with van der Waals surface area (Å²) in [6.07, 6.45) is 3.14. The molecule has 1 aliphatic heterocycles. The first-order valence-electron chi connectivity index (χ1n) is 8.85. The molecule has 28 heavy (non-hydrogen) atoms. The predicted molar refractivity (Wildman–Crippen MR) is 103 cm³/mol. The van der Waals surface area contributed by atoms with Gasteiger partial charge in [-0.2, -0.15) is 0 Å². The zero-order chi connectivity index (χ0) is 19.5. The van der Waals surface area contributed by atoms with Crippen LogP contribution in [0.2, 0.25) is 0 Å². The molecule has 2 amide bonds. The van der Waals surface area contributed by atoms with E-state index in [9.17, 15) is 9.59 Å². The van der Waals surface area contributed by atoms with Crippen LogP contribution in [0.5, 0.6) is 5.75 Å². The summed E-state index contributed by atoms with van der Waals surface area (Å²) in [5, 5.41) is 7.56. The van der Waals surface area contributed by atoms with Crippen molar-refractivity contribution >= 4 is 17.5 Å². The lowest BCUT2D eigenvalue weighted by molar-refractivity contribution is -0.120. The third-order valence-corrected chi connectivity index (χ3v) is 4.69. The smallest absolute Gasteiger partial charge is 0.254 e. The quantitative estimate of drug-likeness (QED) is 0.692. The number of methoxy groups -OCH3 is 1. The summed E-state index contributed by atoms with van der Waals surface area (Å²) < 4.78 is 7.08. The number of benzene rings is 2. The van der Waals surface area contributed by atoms with Crippen LogP contribution in [0.3, 0.4) is 0 Å². The number of carbonyl (C=O) groups is 2.